The molecule has 1 heterocycles. The Hall–Kier alpha value is -5.28. The van der Waals surface area contributed by atoms with E-state index in [1.807, 2.05) is 54.6 Å². The van der Waals surface area contributed by atoms with Gasteiger partial charge in [-0.2, -0.15) is 5.10 Å². The molecule has 0 unspecified atom stereocenters. The van der Waals surface area contributed by atoms with E-state index < -0.39 is 0 Å². The molecule has 0 saturated heterocycles. The molecule has 0 aliphatic heterocycles. The van der Waals surface area contributed by atoms with Crippen LogP contribution in [-0.4, -0.2) is 36.2 Å². The summed E-state index contributed by atoms with van der Waals surface area (Å²) in [5, 5.41) is 16.8. The summed E-state index contributed by atoms with van der Waals surface area (Å²) >= 11 is 1.55. The van der Waals surface area contributed by atoms with Crippen molar-refractivity contribution >= 4 is 44.7 Å². The number of anilines is 1. The molecule has 0 bridgehead atoms. The van der Waals surface area contributed by atoms with Crippen LogP contribution in [0.25, 0.3) is 10.2 Å². The van der Waals surface area contributed by atoms with Crippen molar-refractivity contribution in [3.05, 3.63) is 131 Å². The smallest absolute Gasteiger partial charge is 0.243 e. The van der Waals surface area contributed by atoms with Gasteiger partial charge >= 0.3 is 0 Å². The first kappa shape index (κ1) is 38.0. The van der Waals surface area contributed by atoms with Gasteiger partial charge in [0.2, 0.25) is 16.9 Å². The zero-order chi connectivity index (χ0) is 36.4. The second-order valence-electron chi connectivity index (χ2n) is 12.7. The summed E-state index contributed by atoms with van der Waals surface area (Å²) in [5.41, 5.74) is 9.29. The Morgan fingerprint density at radius 2 is 1.60 bits per heavy atom. The van der Waals surface area contributed by atoms with Crippen molar-refractivity contribution in [2.75, 3.05) is 18.6 Å². The van der Waals surface area contributed by atoms with E-state index in [0.29, 0.717) is 29.6 Å². The van der Waals surface area contributed by atoms with Crippen LogP contribution < -0.4 is 20.2 Å². The van der Waals surface area contributed by atoms with Crippen LogP contribution in [0.2, 0.25) is 0 Å². The lowest BCUT2D eigenvalue weighted by molar-refractivity contribution is -0.116. The van der Waals surface area contributed by atoms with Crippen molar-refractivity contribution in [2.24, 2.45) is 5.10 Å². The summed E-state index contributed by atoms with van der Waals surface area (Å²) < 4.78 is 13.1. The maximum atomic E-state index is 11.2. The molecule has 0 aliphatic carbocycles. The maximum Gasteiger partial charge on any atom is 0.243 e. The van der Waals surface area contributed by atoms with Crippen molar-refractivity contribution < 1.29 is 14.3 Å². The molecule has 9 heteroatoms. The minimum Gasteiger partial charge on any atom is -0.494 e. The Labute approximate surface area is 311 Å². The average molecular weight is 716 g/mol. The van der Waals surface area contributed by atoms with Gasteiger partial charge in [0, 0.05) is 17.7 Å². The molecule has 1 aromatic heterocycles. The molecule has 5 aromatic rings. The summed E-state index contributed by atoms with van der Waals surface area (Å²) in [5.74, 6) is 1.20. The summed E-state index contributed by atoms with van der Waals surface area (Å²) in [6, 6.07) is 30.5. The zero-order valence-corrected chi connectivity index (χ0v) is 30.9. The number of carbonyl (C=O) groups excluding carboxylic acids is 1. The van der Waals surface area contributed by atoms with Crippen LogP contribution in [0.3, 0.4) is 0 Å². The Balaban J connectivity index is 1.18. The SMILES string of the molecule is C=CC(=O)NCCCCCCOc1ccc(C(=N)Oc2ccc(CCc3ccc(CCCCC)cc3)cc2/C=N/Nc2nc3ccccc3s2)cc1. The second-order valence-corrected chi connectivity index (χ2v) is 13.7. The molecule has 0 radical (unpaired) electrons. The molecule has 8 nitrogen and oxygen atoms in total. The standard InChI is InChI=1S/C43H49N5O3S/c1-3-5-8-13-32-16-18-33(19-17-32)20-21-34-22-27-39(36(30-34)31-46-48-43-47-38-14-9-10-15-40(38)52-43)51-42(44)35-23-25-37(26-24-35)50-29-12-7-6-11-28-45-41(49)4-2/h4,9-10,14-19,22-27,30-31,44H,2-3,5-8,11-13,20-21,28-29H2,1H3,(H,45,49)(H,47,48)/b44-42?,46-31+. The molecule has 5 rings (SSSR count). The minimum absolute atomic E-state index is 0.0376. The van der Waals surface area contributed by atoms with E-state index >= 15 is 0 Å². The summed E-state index contributed by atoms with van der Waals surface area (Å²) in [4.78, 5) is 15.8. The van der Waals surface area contributed by atoms with Crippen LogP contribution in [0, 0.1) is 5.41 Å². The number of hydrogen-bond donors (Lipinski definition) is 3. The molecular weight excluding hydrogens is 667 g/mol. The molecule has 1 amide bonds. The number of fused-ring (bicyclic) bond motifs is 1. The van der Waals surface area contributed by atoms with E-state index in [2.05, 4.69) is 70.7 Å². The van der Waals surface area contributed by atoms with Crippen LogP contribution in [0.4, 0.5) is 5.13 Å². The number of aryl methyl sites for hydroxylation is 3. The highest BCUT2D eigenvalue weighted by atomic mass is 32.1. The number of nitrogens with one attached hydrogen (secondary N) is 3. The van der Waals surface area contributed by atoms with E-state index in [4.69, 9.17) is 14.9 Å². The van der Waals surface area contributed by atoms with Gasteiger partial charge in [0.25, 0.3) is 0 Å². The third-order valence-electron chi connectivity index (χ3n) is 8.68. The van der Waals surface area contributed by atoms with Crippen LogP contribution in [0.15, 0.2) is 109 Å². The predicted octanol–water partition coefficient (Wildman–Crippen LogP) is 9.91. The number of para-hydroxylation sites is 1. The molecule has 52 heavy (non-hydrogen) atoms. The third-order valence-corrected chi connectivity index (χ3v) is 9.62. The predicted molar refractivity (Wildman–Crippen MR) is 215 cm³/mol. The number of thiazole rings is 1. The van der Waals surface area contributed by atoms with Gasteiger partial charge < -0.3 is 14.8 Å². The van der Waals surface area contributed by atoms with E-state index in [1.165, 1.54) is 36.5 Å². The molecule has 0 atom stereocenters. The number of ether oxygens (including phenoxy) is 2. The Morgan fingerprint density at radius 3 is 2.37 bits per heavy atom. The fourth-order valence-electron chi connectivity index (χ4n) is 5.69. The zero-order valence-electron chi connectivity index (χ0n) is 30.0. The number of hydrogen-bond acceptors (Lipinski definition) is 8. The number of rotatable bonds is 21. The van der Waals surface area contributed by atoms with Crippen LogP contribution >= 0.6 is 11.3 Å². The second kappa shape index (κ2) is 20.5. The fourth-order valence-corrected chi connectivity index (χ4v) is 6.51. The van der Waals surface area contributed by atoms with Crippen LogP contribution in [0.5, 0.6) is 11.5 Å². The molecule has 3 N–H and O–H groups in total. The van der Waals surface area contributed by atoms with Gasteiger partial charge in [-0.1, -0.05) is 93.0 Å². The van der Waals surface area contributed by atoms with Gasteiger partial charge in [-0.25, -0.2) is 4.98 Å². The number of carbonyl (C=O) groups is 1. The van der Waals surface area contributed by atoms with E-state index in [9.17, 15) is 4.79 Å². The van der Waals surface area contributed by atoms with Crippen LogP contribution in [0.1, 0.15) is 79.7 Å². The highest BCUT2D eigenvalue weighted by Gasteiger charge is 2.11. The van der Waals surface area contributed by atoms with Gasteiger partial charge in [-0.15, -0.1) is 0 Å². The number of benzene rings is 4. The minimum atomic E-state index is -0.132. The first-order valence-corrected chi connectivity index (χ1v) is 19.1. The van der Waals surface area contributed by atoms with Crippen molar-refractivity contribution in [1.29, 1.82) is 5.41 Å². The first-order chi connectivity index (χ1) is 25.5. The molecule has 270 valence electrons. The number of aromatic nitrogens is 1. The van der Waals surface area contributed by atoms with Gasteiger partial charge in [-0.3, -0.25) is 15.6 Å². The quantitative estimate of drug-likeness (QED) is 0.0230. The molecule has 4 aromatic carbocycles. The lowest BCUT2D eigenvalue weighted by Crippen LogP contribution is -2.21. The van der Waals surface area contributed by atoms with Gasteiger partial charge in [0.1, 0.15) is 11.5 Å². The van der Waals surface area contributed by atoms with Crippen molar-refractivity contribution in [2.45, 2.75) is 71.1 Å². The topological polar surface area (TPSA) is 109 Å². The Morgan fingerprint density at radius 1 is 0.865 bits per heavy atom. The Kier molecular flexibility index (Phi) is 15.0. The van der Waals surface area contributed by atoms with Gasteiger partial charge in [0.15, 0.2) is 0 Å². The molecule has 0 saturated carbocycles. The number of nitrogens with zero attached hydrogens (tertiary/aromatic N) is 2. The van der Waals surface area contributed by atoms with Crippen molar-refractivity contribution in [3.8, 4) is 11.5 Å². The monoisotopic (exact) mass is 715 g/mol. The molecule has 0 fully saturated rings. The maximum absolute atomic E-state index is 11.2. The third kappa shape index (κ3) is 12.2. The summed E-state index contributed by atoms with van der Waals surface area (Å²) in [6.45, 7) is 6.97. The lowest BCUT2D eigenvalue weighted by Gasteiger charge is -2.12. The first-order valence-electron chi connectivity index (χ1n) is 18.3. The fraction of sp³-hybridized carbons (Fsp3) is 0.302. The van der Waals surface area contributed by atoms with E-state index in [0.717, 1.165) is 72.0 Å². The molecule has 0 aliphatic rings. The largest absolute Gasteiger partial charge is 0.494 e. The highest BCUT2D eigenvalue weighted by Crippen LogP contribution is 2.26. The van der Waals surface area contributed by atoms with Crippen molar-refractivity contribution in [3.63, 3.8) is 0 Å². The van der Waals surface area contributed by atoms with Gasteiger partial charge in [-0.05, 0) is 110 Å². The molecular formula is C43H49N5O3S. The normalized spacial score (nSPS) is 11.1. The van der Waals surface area contributed by atoms with E-state index in [-0.39, 0.29) is 11.8 Å². The molecule has 0 spiro atoms. The number of amides is 1. The highest BCUT2D eigenvalue weighted by molar-refractivity contribution is 7.22. The number of unbranched alkanes of at least 4 members (excludes halogenated alkanes) is 5. The average Bonchev–Trinajstić information content (AvgIpc) is 3.59. The number of hydrazone groups is 1. The Bertz CT molecular complexity index is 1880. The summed E-state index contributed by atoms with van der Waals surface area (Å²) in [7, 11) is 0. The lowest BCUT2D eigenvalue weighted by atomic mass is 10.00. The van der Waals surface area contributed by atoms with E-state index in [1.54, 1.807) is 17.6 Å². The summed E-state index contributed by atoms with van der Waals surface area (Å²) in [6.07, 6.45) is 13.6. The van der Waals surface area contributed by atoms with Gasteiger partial charge in [0.05, 0.1) is 23.0 Å². The van der Waals surface area contributed by atoms with Crippen molar-refractivity contribution in [1.82, 2.24) is 10.3 Å². The van der Waals surface area contributed by atoms with Crippen LogP contribution in [-0.2, 0) is 24.1 Å².